The SMILES string of the molecule is CCCS(=O)(=O)c1ccc(NC(=O)c2ccc(-c3ncccc3S(C)(=O)=O)cc2)cc1. The topological polar surface area (TPSA) is 110 Å². The maximum Gasteiger partial charge on any atom is 0.255 e. The molecule has 0 aliphatic heterocycles. The molecule has 1 heterocycles. The van der Waals surface area contributed by atoms with Crippen LogP contribution in [0.4, 0.5) is 5.69 Å². The van der Waals surface area contributed by atoms with E-state index >= 15 is 0 Å². The molecule has 9 heteroatoms. The fourth-order valence-electron chi connectivity index (χ4n) is 3.02. The molecule has 31 heavy (non-hydrogen) atoms. The number of pyridine rings is 1. The molecular formula is C22H22N2O5S2. The van der Waals surface area contributed by atoms with E-state index in [0.717, 1.165) is 6.26 Å². The molecule has 0 radical (unpaired) electrons. The van der Waals surface area contributed by atoms with Crippen molar-refractivity contribution in [2.75, 3.05) is 17.3 Å². The molecule has 1 N–H and O–H groups in total. The molecule has 0 saturated heterocycles. The molecule has 0 atom stereocenters. The number of hydrogen-bond acceptors (Lipinski definition) is 6. The Labute approximate surface area is 182 Å². The number of amides is 1. The van der Waals surface area contributed by atoms with Crippen molar-refractivity contribution in [3.8, 4) is 11.3 Å². The van der Waals surface area contributed by atoms with Gasteiger partial charge >= 0.3 is 0 Å². The lowest BCUT2D eigenvalue weighted by Gasteiger charge is -2.09. The molecule has 0 unspecified atom stereocenters. The maximum absolute atomic E-state index is 12.5. The minimum Gasteiger partial charge on any atom is -0.322 e. The molecule has 0 saturated carbocycles. The number of carbonyl (C=O) groups excluding carboxylic acids is 1. The highest BCUT2D eigenvalue weighted by molar-refractivity contribution is 7.91. The third kappa shape index (κ3) is 5.36. The van der Waals surface area contributed by atoms with Crippen LogP contribution in [0.25, 0.3) is 11.3 Å². The van der Waals surface area contributed by atoms with Crippen LogP contribution in [0, 0.1) is 0 Å². The van der Waals surface area contributed by atoms with Crippen LogP contribution in [0.1, 0.15) is 23.7 Å². The molecule has 162 valence electrons. The third-order valence-electron chi connectivity index (χ3n) is 4.53. The van der Waals surface area contributed by atoms with Crippen LogP contribution in [0.2, 0.25) is 0 Å². The predicted octanol–water partition coefficient (Wildman–Crippen LogP) is 3.59. The van der Waals surface area contributed by atoms with Gasteiger partial charge in [0.2, 0.25) is 0 Å². The summed E-state index contributed by atoms with van der Waals surface area (Å²) < 4.78 is 48.2. The van der Waals surface area contributed by atoms with Gasteiger partial charge in [-0.05, 0) is 55.0 Å². The number of carbonyl (C=O) groups is 1. The number of anilines is 1. The molecule has 2 aromatic carbocycles. The van der Waals surface area contributed by atoms with E-state index in [4.69, 9.17) is 0 Å². The zero-order valence-corrected chi connectivity index (χ0v) is 18.7. The van der Waals surface area contributed by atoms with Crippen molar-refractivity contribution in [3.63, 3.8) is 0 Å². The van der Waals surface area contributed by atoms with Crippen molar-refractivity contribution in [3.05, 3.63) is 72.4 Å². The molecule has 0 fully saturated rings. The quantitative estimate of drug-likeness (QED) is 0.579. The Kier molecular flexibility index (Phi) is 6.56. The molecule has 0 spiro atoms. The van der Waals surface area contributed by atoms with E-state index in [1.807, 2.05) is 0 Å². The summed E-state index contributed by atoms with van der Waals surface area (Å²) >= 11 is 0. The van der Waals surface area contributed by atoms with E-state index < -0.39 is 19.7 Å². The highest BCUT2D eigenvalue weighted by atomic mass is 32.2. The zero-order valence-electron chi connectivity index (χ0n) is 17.1. The average molecular weight is 459 g/mol. The molecule has 0 aliphatic carbocycles. The number of nitrogens with one attached hydrogen (secondary N) is 1. The highest BCUT2D eigenvalue weighted by Gasteiger charge is 2.16. The summed E-state index contributed by atoms with van der Waals surface area (Å²) in [6.07, 6.45) is 3.16. The smallest absolute Gasteiger partial charge is 0.255 e. The van der Waals surface area contributed by atoms with Crippen LogP contribution >= 0.6 is 0 Å². The van der Waals surface area contributed by atoms with Crippen LogP contribution < -0.4 is 5.32 Å². The minimum atomic E-state index is -3.45. The maximum atomic E-state index is 12.5. The van der Waals surface area contributed by atoms with Crippen LogP contribution in [0.15, 0.2) is 76.7 Å². The Balaban J connectivity index is 1.78. The Morgan fingerprint density at radius 1 is 0.935 bits per heavy atom. The normalized spacial score (nSPS) is 11.8. The van der Waals surface area contributed by atoms with Gasteiger partial charge in [-0.3, -0.25) is 9.78 Å². The number of nitrogens with zero attached hydrogens (tertiary/aromatic N) is 1. The Morgan fingerprint density at radius 2 is 1.58 bits per heavy atom. The lowest BCUT2D eigenvalue weighted by molar-refractivity contribution is 0.102. The second-order valence-corrected chi connectivity index (χ2v) is 11.1. The van der Waals surface area contributed by atoms with Crippen molar-refractivity contribution in [2.24, 2.45) is 0 Å². The lowest BCUT2D eigenvalue weighted by atomic mass is 10.1. The molecule has 7 nitrogen and oxygen atoms in total. The van der Waals surface area contributed by atoms with Gasteiger partial charge < -0.3 is 5.32 Å². The van der Waals surface area contributed by atoms with E-state index in [-0.39, 0.29) is 21.5 Å². The van der Waals surface area contributed by atoms with E-state index in [9.17, 15) is 21.6 Å². The van der Waals surface area contributed by atoms with E-state index in [1.165, 1.54) is 24.4 Å². The fraction of sp³-hybridized carbons (Fsp3) is 0.182. The fourth-order valence-corrected chi connectivity index (χ4v) is 5.19. The van der Waals surface area contributed by atoms with Crippen molar-refractivity contribution in [1.29, 1.82) is 0 Å². The zero-order chi connectivity index (χ0) is 22.6. The molecule has 3 rings (SSSR count). The number of benzene rings is 2. The van der Waals surface area contributed by atoms with Gasteiger partial charge in [-0.2, -0.15) is 0 Å². The summed E-state index contributed by atoms with van der Waals surface area (Å²) in [7, 11) is -6.77. The highest BCUT2D eigenvalue weighted by Crippen LogP contribution is 2.25. The van der Waals surface area contributed by atoms with Crippen molar-refractivity contribution in [2.45, 2.75) is 23.1 Å². The molecule has 0 bridgehead atoms. The Morgan fingerprint density at radius 3 is 2.16 bits per heavy atom. The first-order valence-corrected chi connectivity index (χ1v) is 13.1. The summed E-state index contributed by atoms with van der Waals surface area (Å²) in [5.74, 6) is -0.303. The van der Waals surface area contributed by atoms with Crippen LogP contribution in [0.5, 0.6) is 0 Å². The van der Waals surface area contributed by atoms with Crippen LogP contribution in [-0.4, -0.2) is 39.7 Å². The second-order valence-electron chi connectivity index (χ2n) is 7.00. The number of hydrogen-bond donors (Lipinski definition) is 1. The van der Waals surface area contributed by atoms with Gasteiger partial charge in [0, 0.05) is 29.3 Å². The molecule has 1 aromatic heterocycles. The largest absolute Gasteiger partial charge is 0.322 e. The first kappa shape index (κ1) is 22.6. The predicted molar refractivity (Wildman–Crippen MR) is 120 cm³/mol. The standard InChI is InChI=1S/C22H22N2O5S2/c1-3-15-31(28,29)19-12-10-18(11-13-19)24-22(25)17-8-6-16(7-9-17)21-20(30(2,26)27)5-4-14-23-21/h4-14H,3,15H2,1-2H3,(H,24,25). The summed E-state index contributed by atoms with van der Waals surface area (Å²) in [6.45, 7) is 1.80. The second kappa shape index (κ2) is 8.99. The van der Waals surface area contributed by atoms with Gasteiger partial charge in [0.1, 0.15) is 0 Å². The van der Waals surface area contributed by atoms with Crippen molar-refractivity contribution < 1.29 is 21.6 Å². The van der Waals surface area contributed by atoms with Crippen LogP contribution in [0.3, 0.4) is 0 Å². The Hall–Kier alpha value is -3.04. The number of aromatic nitrogens is 1. The van der Waals surface area contributed by atoms with Gasteiger partial charge in [-0.15, -0.1) is 0 Å². The summed E-state index contributed by atoms with van der Waals surface area (Å²) in [6, 6.07) is 15.5. The lowest BCUT2D eigenvalue weighted by Crippen LogP contribution is -2.12. The number of sulfone groups is 2. The van der Waals surface area contributed by atoms with E-state index in [2.05, 4.69) is 10.3 Å². The molecular weight excluding hydrogens is 436 g/mol. The molecule has 1 amide bonds. The van der Waals surface area contributed by atoms with Crippen molar-refractivity contribution in [1.82, 2.24) is 4.98 Å². The summed E-state index contributed by atoms with van der Waals surface area (Å²) in [5, 5.41) is 2.72. The van der Waals surface area contributed by atoms with Gasteiger partial charge in [0.25, 0.3) is 5.91 Å². The van der Waals surface area contributed by atoms with E-state index in [0.29, 0.717) is 28.9 Å². The summed E-state index contributed by atoms with van der Waals surface area (Å²) in [4.78, 5) is 17.0. The first-order valence-electron chi connectivity index (χ1n) is 9.51. The van der Waals surface area contributed by atoms with Crippen LogP contribution in [-0.2, 0) is 19.7 Å². The minimum absolute atomic E-state index is 0.0718. The number of rotatable bonds is 7. The van der Waals surface area contributed by atoms with E-state index in [1.54, 1.807) is 49.4 Å². The monoisotopic (exact) mass is 458 g/mol. The van der Waals surface area contributed by atoms with Gasteiger partial charge in [0.05, 0.1) is 21.2 Å². The third-order valence-corrected chi connectivity index (χ3v) is 7.60. The van der Waals surface area contributed by atoms with Crippen molar-refractivity contribution >= 4 is 31.3 Å². The Bertz CT molecular complexity index is 1300. The van der Waals surface area contributed by atoms with Gasteiger partial charge in [0.15, 0.2) is 19.7 Å². The summed E-state index contributed by atoms with van der Waals surface area (Å²) in [5.41, 5.74) is 1.72. The van der Waals surface area contributed by atoms with Gasteiger partial charge in [-0.25, -0.2) is 16.8 Å². The van der Waals surface area contributed by atoms with Gasteiger partial charge in [-0.1, -0.05) is 19.1 Å². The molecule has 0 aliphatic rings. The molecule has 3 aromatic rings. The average Bonchev–Trinajstić information content (AvgIpc) is 2.73. The first-order chi connectivity index (χ1) is 14.6.